The number of aliphatic carboxylic acids is 1. The van der Waals surface area contributed by atoms with Crippen LogP contribution in [0.2, 0.25) is 0 Å². The van der Waals surface area contributed by atoms with Gasteiger partial charge in [0.05, 0.1) is 6.61 Å². The van der Waals surface area contributed by atoms with Crippen LogP contribution in [0.5, 0.6) is 5.75 Å². The molecule has 0 bridgehead atoms. The van der Waals surface area contributed by atoms with Gasteiger partial charge in [-0.15, -0.1) is 0 Å². The van der Waals surface area contributed by atoms with Crippen molar-refractivity contribution < 1.29 is 47.3 Å². The first-order valence-corrected chi connectivity index (χ1v) is 15.2. The monoisotopic (exact) mass is 629 g/mol. The van der Waals surface area contributed by atoms with Crippen LogP contribution >= 0.6 is 7.75 Å². The van der Waals surface area contributed by atoms with Crippen molar-refractivity contribution in [2.24, 2.45) is 0 Å². The summed E-state index contributed by atoms with van der Waals surface area (Å²) in [7, 11) is -4.50. The molecule has 0 spiro atoms. The quantitative estimate of drug-likeness (QED) is 0.145. The summed E-state index contributed by atoms with van der Waals surface area (Å²) in [5.41, 5.74) is -1.24. The van der Waals surface area contributed by atoms with Crippen molar-refractivity contribution in [1.82, 2.24) is 15.3 Å². The molecule has 1 amide bonds. The molecule has 4 N–H and O–H groups in total. The number of halogens is 1. The largest absolute Gasteiger partial charge is 0.480 e. The summed E-state index contributed by atoms with van der Waals surface area (Å²) in [6.45, 7) is 5.62. The van der Waals surface area contributed by atoms with Crippen molar-refractivity contribution in [1.29, 1.82) is 0 Å². The Morgan fingerprint density at radius 2 is 1.93 bits per heavy atom. The van der Waals surface area contributed by atoms with Gasteiger partial charge >= 0.3 is 13.7 Å². The first-order chi connectivity index (χ1) is 20.8. The van der Waals surface area contributed by atoms with Gasteiger partial charge < -0.3 is 29.7 Å². The molecule has 2 aromatic carbocycles. The summed E-state index contributed by atoms with van der Waals surface area (Å²) in [6.07, 6.45) is 0.855. The maximum atomic E-state index is 15.7. The third-order valence-corrected chi connectivity index (χ3v) is 8.52. The van der Waals surface area contributed by atoms with E-state index in [1.54, 1.807) is 13.0 Å². The predicted octanol–water partition coefficient (Wildman–Crippen LogP) is 3.77. The van der Waals surface area contributed by atoms with Gasteiger partial charge in [-0.05, 0) is 49.2 Å². The summed E-state index contributed by atoms with van der Waals surface area (Å²) in [5.74, 6) is -2.09. The fourth-order valence-electron chi connectivity index (χ4n) is 4.48. The molecular weight excluding hydrogens is 596 g/mol. The van der Waals surface area contributed by atoms with Crippen LogP contribution in [-0.4, -0.2) is 69.5 Å². The van der Waals surface area contributed by atoms with E-state index in [0.717, 1.165) is 18.6 Å². The second-order valence-electron chi connectivity index (χ2n) is 10.2. The lowest BCUT2D eigenvalue weighted by atomic mass is 9.98. The fraction of sp³-hybridized carbons (Fsp3) is 0.300. The number of benzene rings is 2. The van der Waals surface area contributed by atoms with E-state index in [-0.39, 0.29) is 23.8 Å². The minimum absolute atomic E-state index is 0.00946. The summed E-state index contributed by atoms with van der Waals surface area (Å²) in [5, 5.41) is 25.1. The van der Waals surface area contributed by atoms with Crippen molar-refractivity contribution in [3.05, 3.63) is 96.5 Å². The summed E-state index contributed by atoms with van der Waals surface area (Å²) < 4.78 is 46.3. The lowest BCUT2D eigenvalue weighted by Crippen LogP contribution is -2.51. The molecule has 0 aromatic heterocycles. The number of allylic oxidation sites excluding steroid dienone is 1. The third kappa shape index (κ3) is 7.68. The molecule has 2 heterocycles. The molecule has 1 saturated heterocycles. The van der Waals surface area contributed by atoms with Crippen molar-refractivity contribution in [3.63, 3.8) is 0 Å². The highest BCUT2D eigenvalue weighted by atomic mass is 31.2. The molecular formula is C30H33FN3O9P. The lowest BCUT2D eigenvalue weighted by molar-refractivity contribution is -0.139. The van der Waals surface area contributed by atoms with E-state index in [2.05, 4.69) is 17.0 Å². The number of ether oxygens (including phenoxy) is 1. The SMILES string of the molecule is C=C1NC(=O)C=CN1[C@@H]1O[C@H](COP(=O)(N[C@@H](CC)C(=O)O)Oc2ccc(C(=O)/C=C/c3ccccc3)cc2)[C@@H](O)[C@@]1(C)F. The van der Waals surface area contributed by atoms with E-state index in [9.17, 15) is 29.2 Å². The van der Waals surface area contributed by atoms with Gasteiger partial charge in [-0.2, -0.15) is 5.09 Å². The Balaban J connectivity index is 1.49. The molecule has 2 aliphatic heterocycles. The number of hydrogen-bond donors (Lipinski definition) is 4. The van der Waals surface area contributed by atoms with Crippen LogP contribution < -0.4 is 14.9 Å². The first-order valence-electron chi connectivity index (χ1n) is 13.6. The minimum atomic E-state index is -4.50. The van der Waals surface area contributed by atoms with Crippen molar-refractivity contribution in [2.45, 2.75) is 50.4 Å². The zero-order chi connectivity index (χ0) is 32.1. The van der Waals surface area contributed by atoms with E-state index in [1.165, 1.54) is 41.4 Å². The minimum Gasteiger partial charge on any atom is -0.480 e. The Hall–Kier alpha value is -4.13. The Labute approximate surface area is 253 Å². The number of ketones is 1. The van der Waals surface area contributed by atoms with E-state index in [1.807, 2.05) is 30.3 Å². The van der Waals surface area contributed by atoms with Crippen molar-refractivity contribution in [2.75, 3.05) is 6.61 Å². The average Bonchev–Trinajstić information content (AvgIpc) is 3.22. The van der Waals surface area contributed by atoms with Crippen LogP contribution in [0.1, 0.15) is 36.2 Å². The molecule has 6 atom stereocenters. The molecule has 12 nitrogen and oxygen atoms in total. The highest BCUT2D eigenvalue weighted by Crippen LogP contribution is 2.47. The number of alkyl halides is 1. The molecule has 2 aliphatic rings. The van der Waals surface area contributed by atoms with Gasteiger partial charge in [0.25, 0.3) is 5.91 Å². The van der Waals surface area contributed by atoms with E-state index >= 15 is 4.39 Å². The maximum absolute atomic E-state index is 15.7. The first kappa shape index (κ1) is 32.8. The van der Waals surface area contributed by atoms with Gasteiger partial charge in [0, 0.05) is 17.8 Å². The van der Waals surface area contributed by atoms with Crippen LogP contribution in [0, 0.1) is 0 Å². The molecule has 1 fully saturated rings. The van der Waals surface area contributed by atoms with Crippen molar-refractivity contribution >= 4 is 31.5 Å². The van der Waals surface area contributed by atoms with Gasteiger partial charge in [0.1, 0.15) is 29.8 Å². The highest BCUT2D eigenvalue weighted by Gasteiger charge is 2.57. The molecule has 0 aliphatic carbocycles. The van der Waals surface area contributed by atoms with Gasteiger partial charge in [-0.25, -0.2) is 8.96 Å². The number of nitrogens with one attached hydrogen (secondary N) is 2. The van der Waals surface area contributed by atoms with Crippen LogP contribution in [0.25, 0.3) is 6.08 Å². The van der Waals surface area contributed by atoms with Gasteiger partial charge in [0.15, 0.2) is 17.7 Å². The normalized spacial score (nSPS) is 25.5. The number of hydrogen-bond acceptors (Lipinski definition) is 9. The summed E-state index contributed by atoms with van der Waals surface area (Å²) in [4.78, 5) is 37.1. The molecule has 1 unspecified atom stereocenters. The second kappa shape index (κ2) is 13.7. The second-order valence-corrected chi connectivity index (χ2v) is 11.9. The number of aliphatic hydroxyl groups is 1. The average molecular weight is 630 g/mol. The Morgan fingerprint density at radius 1 is 1.25 bits per heavy atom. The molecule has 44 heavy (non-hydrogen) atoms. The van der Waals surface area contributed by atoms with Gasteiger partial charge in [-0.1, -0.05) is 49.9 Å². The van der Waals surface area contributed by atoms with Crippen molar-refractivity contribution in [3.8, 4) is 5.75 Å². The van der Waals surface area contributed by atoms with Crippen LogP contribution in [0.3, 0.4) is 0 Å². The summed E-state index contributed by atoms with van der Waals surface area (Å²) >= 11 is 0. The predicted molar refractivity (Wildman–Crippen MR) is 158 cm³/mol. The number of carbonyl (C=O) groups excluding carboxylic acids is 2. The zero-order valence-electron chi connectivity index (χ0n) is 24.0. The number of amides is 1. The Morgan fingerprint density at radius 3 is 2.55 bits per heavy atom. The van der Waals surface area contributed by atoms with Gasteiger partial charge in [0.2, 0.25) is 0 Å². The topological polar surface area (TPSA) is 164 Å². The van der Waals surface area contributed by atoms with Gasteiger partial charge in [-0.3, -0.25) is 18.9 Å². The molecule has 0 saturated carbocycles. The van der Waals surface area contributed by atoms with E-state index in [0.29, 0.717) is 5.56 Å². The number of aliphatic hydroxyl groups excluding tert-OH is 1. The smallest absolute Gasteiger partial charge is 0.459 e. The van der Waals surface area contributed by atoms with Crippen LogP contribution in [0.15, 0.2) is 85.3 Å². The molecule has 4 rings (SSSR count). The number of nitrogens with zero attached hydrogens (tertiary/aromatic N) is 1. The van der Waals surface area contributed by atoms with Crippen LogP contribution in [0.4, 0.5) is 4.39 Å². The lowest BCUT2D eigenvalue weighted by Gasteiger charge is -2.35. The summed E-state index contributed by atoms with van der Waals surface area (Å²) in [6, 6.07) is 13.5. The molecule has 234 valence electrons. The van der Waals surface area contributed by atoms with E-state index < -0.39 is 56.4 Å². The maximum Gasteiger partial charge on any atom is 0.459 e. The number of carboxylic acid groups (broad SMARTS) is 1. The number of rotatable bonds is 13. The molecule has 0 radical (unpaired) electrons. The number of carbonyl (C=O) groups is 3. The standard InChI is InChI=1S/C30H33FN3O9P/c1-4-23(28(38)39)33-44(40,43-22-13-11-21(12-14-22)24(35)15-10-20-8-6-5-7-9-20)41-18-25-27(37)30(3,31)29(42-25)34-17-16-26(36)32-19(34)2/h5-17,23,25,27,29,37H,2,4,18H2,1,3H3,(H,32,36)(H,33,40)(H,38,39)/b15-10+/t23-,25+,27+,29+,30+,44?/m0/s1. The zero-order valence-corrected chi connectivity index (χ0v) is 24.9. The van der Waals surface area contributed by atoms with Crippen LogP contribution in [-0.2, 0) is 23.4 Å². The molecule has 14 heteroatoms. The Kier molecular flexibility index (Phi) is 10.2. The van der Waals surface area contributed by atoms with E-state index in [4.69, 9.17) is 13.8 Å². The third-order valence-electron chi connectivity index (χ3n) is 6.96. The fourth-order valence-corrected chi connectivity index (χ4v) is 6.08. The molecule has 2 aromatic rings. The Bertz CT molecular complexity index is 1500. The highest BCUT2D eigenvalue weighted by molar-refractivity contribution is 7.52. The number of carboxylic acids is 1.